The third kappa shape index (κ3) is 4.67. The third-order valence-corrected chi connectivity index (χ3v) is 8.80. The van der Waals surface area contributed by atoms with Crippen LogP contribution in [0.2, 0.25) is 0 Å². The lowest BCUT2D eigenvalue weighted by Gasteiger charge is -2.44. The van der Waals surface area contributed by atoms with Crippen molar-refractivity contribution in [1.82, 2.24) is 39.1 Å². The van der Waals surface area contributed by atoms with Gasteiger partial charge in [0.25, 0.3) is 5.92 Å². The van der Waals surface area contributed by atoms with E-state index in [0.29, 0.717) is 30.4 Å². The number of carbonyl (C=O) groups excluding carboxylic acids is 1. The zero-order chi connectivity index (χ0) is 27.6. The average Bonchev–Trinajstić information content (AvgIpc) is 3.25. The molecular formula is C26H34F2N10O2. The second kappa shape index (κ2) is 9.63. The fourth-order valence-electron chi connectivity index (χ4n) is 6.46. The van der Waals surface area contributed by atoms with Gasteiger partial charge in [-0.3, -0.25) is 14.4 Å². The van der Waals surface area contributed by atoms with Crippen LogP contribution >= 0.6 is 0 Å². The number of pyridine rings is 1. The van der Waals surface area contributed by atoms with E-state index in [2.05, 4.69) is 32.4 Å². The van der Waals surface area contributed by atoms with E-state index in [-0.39, 0.29) is 31.0 Å². The van der Waals surface area contributed by atoms with Crippen LogP contribution < -0.4 is 10.2 Å². The summed E-state index contributed by atoms with van der Waals surface area (Å²) in [5.41, 5.74) is 2.28. The van der Waals surface area contributed by atoms with Gasteiger partial charge in [-0.2, -0.15) is 10.1 Å². The Labute approximate surface area is 230 Å². The summed E-state index contributed by atoms with van der Waals surface area (Å²) < 4.78 is 30.6. The van der Waals surface area contributed by atoms with E-state index >= 15 is 0 Å². The Bertz CT molecular complexity index is 1390. The number of alkyl halides is 2. The largest absolute Gasteiger partial charge is 0.378 e. The zero-order valence-electron chi connectivity index (χ0n) is 22.4. The molecule has 3 aromatic rings. The molecule has 4 atom stereocenters. The Morgan fingerprint density at radius 1 is 1.20 bits per heavy atom. The molecule has 0 aromatic carbocycles. The van der Waals surface area contributed by atoms with Gasteiger partial charge in [0, 0.05) is 70.2 Å². The van der Waals surface area contributed by atoms with Gasteiger partial charge in [0.05, 0.1) is 23.5 Å². The number of piperazine rings is 2. The number of hydrogen-bond donors (Lipinski definition) is 2. The molecule has 3 saturated heterocycles. The first-order chi connectivity index (χ1) is 19.2. The van der Waals surface area contributed by atoms with Crippen LogP contribution in [0.3, 0.4) is 0 Å². The second-order valence-electron chi connectivity index (χ2n) is 11.6. The molecule has 3 aliphatic heterocycles. The van der Waals surface area contributed by atoms with Crippen molar-refractivity contribution in [2.75, 3.05) is 56.5 Å². The van der Waals surface area contributed by atoms with Crippen molar-refractivity contribution in [3.63, 3.8) is 0 Å². The topological polar surface area (TPSA) is 110 Å². The van der Waals surface area contributed by atoms with Gasteiger partial charge in [-0.25, -0.2) is 13.3 Å². The number of amides is 1. The van der Waals surface area contributed by atoms with E-state index < -0.39 is 18.1 Å². The lowest BCUT2D eigenvalue weighted by molar-refractivity contribution is -0.133. The number of aliphatic hydroxyl groups excluding tert-OH is 1. The molecule has 6 heterocycles. The lowest BCUT2D eigenvalue weighted by Crippen LogP contribution is -2.58. The molecule has 214 valence electrons. The predicted octanol–water partition coefficient (Wildman–Crippen LogP) is 1.07. The number of nitrogens with one attached hydrogen (secondary N) is 1. The molecule has 1 saturated carbocycles. The van der Waals surface area contributed by atoms with Crippen LogP contribution in [0.1, 0.15) is 19.3 Å². The van der Waals surface area contributed by atoms with Gasteiger partial charge in [0.1, 0.15) is 12.8 Å². The highest BCUT2D eigenvalue weighted by atomic mass is 19.3. The summed E-state index contributed by atoms with van der Waals surface area (Å²) in [5.74, 6) is -3.25. The summed E-state index contributed by atoms with van der Waals surface area (Å²) in [7, 11) is 2.06. The number of nitrogens with zero attached hydrogens (tertiary/aromatic N) is 9. The monoisotopic (exact) mass is 556 g/mol. The Morgan fingerprint density at radius 3 is 2.62 bits per heavy atom. The summed E-state index contributed by atoms with van der Waals surface area (Å²) in [5, 5.41) is 22.8. The van der Waals surface area contributed by atoms with Crippen molar-refractivity contribution < 1.29 is 18.7 Å². The van der Waals surface area contributed by atoms with Crippen molar-refractivity contribution in [3.05, 3.63) is 30.7 Å². The van der Waals surface area contributed by atoms with Gasteiger partial charge in [0.15, 0.2) is 5.65 Å². The molecule has 2 N–H and O–H groups in total. The summed E-state index contributed by atoms with van der Waals surface area (Å²) in [6.07, 6.45) is 5.68. The standard InChI is InChI=1S/C26H34F2N10O2/c1-33-7-9-34(10-8-33)22(39)16-36-13-17(12-29-36)30-25-31-23-21(3-2-6-37(23)32-25)35-14-18-4-5-19(15-35)38(18)24(40)20-11-26(20,27)28/h2-3,6,12-13,18-20,24,40H,4-5,7-11,14-16H2,1H3,(H,30,32). The van der Waals surface area contributed by atoms with Crippen molar-refractivity contribution >= 4 is 28.9 Å². The van der Waals surface area contributed by atoms with Gasteiger partial charge >= 0.3 is 0 Å². The third-order valence-electron chi connectivity index (χ3n) is 8.80. The molecule has 2 bridgehead atoms. The van der Waals surface area contributed by atoms with E-state index in [1.54, 1.807) is 21.6 Å². The number of halogens is 2. The number of aliphatic hydroxyl groups is 1. The van der Waals surface area contributed by atoms with E-state index in [4.69, 9.17) is 4.98 Å². The molecule has 4 unspecified atom stereocenters. The predicted molar refractivity (Wildman–Crippen MR) is 142 cm³/mol. The first-order valence-electron chi connectivity index (χ1n) is 13.9. The summed E-state index contributed by atoms with van der Waals surface area (Å²) >= 11 is 0. The van der Waals surface area contributed by atoms with Gasteiger partial charge in [-0.15, -0.1) is 5.10 Å². The molecule has 4 aliphatic rings. The minimum absolute atomic E-state index is 0.0188. The molecule has 1 aliphatic carbocycles. The van der Waals surface area contributed by atoms with Crippen molar-refractivity contribution in [1.29, 1.82) is 0 Å². The fraction of sp³-hybridized carbons (Fsp3) is 0.615. The molecule has 12 nitrogen and oxygen atoms in total. The number of aromatic nitrogens is 5. The van der Waals surface area contributed by atoms with Gasteiger partial charge in [-0.05, 0) is 32.0 Å². The normalized spacial score (nSPS) is 27.4. The minimum atomic E-state index is -2.75. The SMILES string of the molecule is CN1CCN(C(=O)Cn2cc(Nc3nc4c(N5CC6CCC(C5)N6C(O)C5CC5(F)F)cccn4n3)cn2)CC1. The first-order valence-corrected chi connectivity index (χ1v) is 13.9. The maximum atomic E-state index is 13.7. The highest BCUT2D eigenvalue weighted by Crippen LogP contribution is 2.53. The fourth-order valence-corrected chi connectivity index (χ4v) is 6.46. The van der Waals surface area contributed by atoms with E-state index in [0.717, 1.165) is 44.7 Å². The van der Waals surface area contributed by atoms with Crippen LogP contribution in [0.15, 0.2) is 30.7 Å². The number of carbonyl (C=O) groups is 1. The molecule has 0 radical (unpaired) electrons. The maximum Gasteiger partial charge on any atom is 0.255 e. The first kappa shape index (κ1) is 25.6. The number of rotatable bonds is 7. The zero-order valence-corrected chi connectivity index (χ0v) is 22.4. The van der Waals surface area contributed by atoms with E-state index in [1.807, 2.05) is 28.1 Å². The van der Waals surface area contributed by atoms with Crippen molar-refractivity contribution in [3.8, 4) is 0 Å². The quantitative estimate of drug-likeness (QED) is 0.442. The Hall–Kier alpha value is -3.36. The number of hydrogen-bond acceptors (Lipinski definition) is 9. The molecule has 3 aromatic heterocycles. The number of likely N-dealkylation sites (N-methyl/N-ethyl adjacent to an activating group) is 1. The lowest BCUT2D eigenvalue weighted by atomic mass is 10.1. The van der Waals surface area contributed by atoms with Gasteiger partial charge in [-0.1, -0.05) is 0 Å². The van der Waals surface area contributed by atoms with Crippen molar-refractivity contribution in [2.24, 2.45) is 5.92 Å². The maximum absolute atomic E-state index is 13.7. The van der Waals surface area contributed by atoms with Gasteiger partial charge < -0.3 is 25.1 Å². The molecular weight excluding hydrogens is 522 g/mol. The second-order valence-corrected chi connectivity index (χ2v) is 11.6. The Kier molecular flexibility index (Phi) is 6.16. The van der Waals surface area contributed by atoms with E-state index in [9.17, 15) is 18.7 Å². The van der Waals surface area contributed by atoms with Gasteiger partial charge in [0.2, 0.25) is 11.9 Å². The molecule has 1 amide bonds. The molecule has 4 fully saturated rings. The van der Waals surface area contributed by atoms with Crippen molar-refractivity contribution in [2.45, 2.75) is 50.0 Å². The molecule has 40 heavy (non-hydrogen) atoms. The highest BCUT2D eigenvalue weighted by Gasteiger charge is 2.63. The highest BCUT2D eigenvalue weighted by molar-refractivity contribution is 5.76. The summed E-state index contributed by atoms with van der Waals surface area (Å²) in [6.45, 7) is 4.64. The van der Waals surface area contributed by atoms with Crippen LogP contribution in [0, 0.1) is 5.92 Å². The number of fused-ring (bicyclic) bond motifs is 3. The Morgan fingerprint density at radius 2 is 1.93 bits per heavy atom. The molecule has 7 rings (SSSR count). The Balaban J connectivity index is 1.03. The van der Waals surface area contributed by atoms with Crippen LogP contribution in [0.4, 0.5) is 26.1 Å². The van der Waals surface area contributed by atoms with Crippen LogP contribution in [-0.4, -0.2) is 121 Å². The van der Waals surface area contributed by atoms with Crippen LogP contribution in [-0.2, 0) is 11.3 Å². The summed E-state index contributed by atoms with van der Waals surface area (Å²) in [6, 6.07) is 3.95. The molecule has 0 spiro atoms. The van der Waals surface area contributed by atoms with Crippen LogP contribution in [0.5, 0.6) is 0 Å². The smallest absolute Gasteiger partial charge is 0.255 e. The molecule has 14 heteroatoms. The van der Waals surface area contributed by atoms with E-state index in [1.165, 1.54) is 0 Å². The van der Waals surface area contributed by atoms with Crippen LogP contribution in [0.25, 0.3) is 5.65 Å². The summed E-state index contributed by atoms with van der Waals surface area (Å²) in [4.78, 5) is 25.6. The average molecular weight is 557 g/mol. The minimum Gasteiger partial charge on any atom is -0.378 e. The number of anilines is 3.